The van der Waals surface area contributed by atoms with Gasteiger partial charge in [-0.15, -0.1) is 0 Å². The molecular weight excluding hydrogens is 496 g/mol. The van der Waals surface area contributed by atoms with Crippen molar-refractivity contribution in [1.29, 1.82) is 0 Å². The zero-order chi connectivity index (χ0) is 26.5. The quantitative estimate of drug-likeness (QED) is 0.203. The average molecular weight is 525 g/mol. The molecule has 0 aliphatic carbocycles. The largest absolute Gasteiger partial charge is 0.469 e. The van der Waals surface area contributed by atoms with Gasteiger partial charge in [0, 0.05) is 18.2 Å². The number of para-hydroxylation sites is 1. The molecule has 0 aliphatic rings. The standard InChI is InChI=1S/C30H28N4O3S/c1-20(31-18-17-23(21-11-5-3-6-12-21)22-13-7-4-8-14-22)28-25(19-27(35)37-2)33-34(29(28)36)30-32-24-15-9-10-16-26(24)38-30/h3-16,23,33H,17-19H2,1-2H3. The minimum absolute atomic E-state index is 0.0670. The van der Waals surface area contributed by atoms with Crippen molar-refractivity contribution in [3.8, 4) is 5.13 Å². The zero-order valence-corrected chi connectivity index (χ0v) is 22.1. The van der Waals surface area contributed by atoms with Gasteiger partial charge in [0.1, 0.15) is 0 Å². The fourth-order valence-corrected chi connectivity index (χ4v) is 5.55. The van der Waals surface area contributed by atoms with Gasteiger partial charge in [-0.2, -0.15) is 4.68 Å². The summed E-state index contributed by atoms with van der Waals surface area (Å²) in [4.78, 5) is 35.2. The first-order chi connectivity index (χ1) is 18.5. The van der Waals surface area contributed by atoms with Gasteiger partial charge < -0.3 is 4.74 Å². The molecule has 8 heteroatoms. The summed E-state index contributed by atoms with van der Waals surface area (Å²) in [5.74, 6) is -0.265. The molecule has 7 nitrogen and oxygen atoms in total. The summed E-state index contributed by atoms with van der Waals surface area (Å²) in [6.07, 6.45) is 0.705. The number of carbonyl (C=O) groups is 1. The van der Waals surface area contributed by atoms with Crippen LogP contribution in [0.25, 0.3) is 15.3 Å². The highest BCUT2D eigenvalue weighted by molar-refractivity contribution is 7.20. The monoisotopic (exact) mass is 524 g/mol. The molecule has 38 heavy (non-hydrogen) atoms. The molecule has 0 amide bonds. The van der Waals surface area contributed by atoms with E-state index >= 15 is 0 Å². The number of methoxy groups -OCH3 is 1. The first-order valence-electron chi connectivity index (χ1n) is 12.4. The summed E-state index contributed by atoms with van der Waals surface area (Å²) in [6, 6.07) is 28.4. The third kappa shape index (κ3) is 5.35. The van der Waals surface area contributed by atoms with Gasteiger partial charge in [0.15, 0.2) is 0 Å². The molecule has 5 aromatic rings. The van der Waals surface area contributed by atoms with Crippen LogP contribution in [-0.2, 0) is 16.0 Å². The van der Waals surface area contributed by atoms with Crippen LogP contribution in [0.1, 0.15) is 41.6 Å². The van der Waals surface area contributed by atoms with E-state index in [1.54, 1.807) is 0 Å². The van der Waals surface area contributed by atoms with E-state index in [-0.39, 0.29) is 17.9 Å². The van der Waals surface area contributed by atoms with Crippen LogP contribution in [0.3, 0.4) is 0 Å². The molecule has 0 saturated heterocycles. The van der Waals surface area contributed by atoms with Crippen LogP contribution < -0.4 is 5.56 Å². The molecule has 2 heterocycles. The topological polar surface area (TPSA) is 89.3 Å². The second-order valence-corrected chi connectivity index (χ2v) is 9.96. The van der Waals surface area contributed by atoms with E-state index in [0.29, 0.717) is 28.6 Å². The lowest BCUT2D eigenvalue weighted by Crippen LogP contribution is -2.20. The SMILES string of the molecule is COC(=O)Cc1[nH]n(-c2nc3ccccc3s2)c(=O)c1C(C)=NCCC(c1ccccc1)c1ccccc1. The molecule has 1 N–H and O–H groups in total. The molecule has 3 aromatic carbocycles. The van der Waals surface area contributed by atoms with Crippen LogP contribution >= 0.6 is 11.3 Å². The second kappa shape index (κ2) is 11.4. The van der Waals surface area contributed by atoms with Crippen LogP contribution in [0.5, 0.6) is 0 Å². The predicted octanol–water partition coefficient (Wildman–Crippen LogP) is 5.52. The van der Waals surface area contributed by atoms with Gasteiger partial charge in [0.25, 0.3) is 5.56 Å². The number of carbonyl (C=O) groups excluding carboxylic acids is 1. The van der Waals surface area contributed by atoms with Gasteiger partial charge in [0.2, 0.25) is 5.13 Å². The zero-order valence-electron chi connectivity index (χ0n) is 21.3. The third-order valence-electron chi connectivity index (χ3n) is 6.52. The van der Waals surface area contributed by atoms with E-state index in [1.165, 1.54) is 34.3 Å². The van der Waals surface area contributed by atoms with Gasteiger partial charge in [-0.25, -0.2) is 4.98 Å². The minimum Gasteiger partial charge on any atom is -0.469 e. The van der Waals surface area contributed by atoms with Gasteiger partial charge in [0.05, 0.1) is 35.0 Å². The van der Waals surface area contributed by atoms with Crippen LogP contribution in [0.2, 0.25) is 0 Å². The number of aliphatic imine (C=N–C) groups is 1. The number of aromatic amines is 1. The maximum Gasteiger partial charge on any atom is 0.311 e. The molecule has 0 fully saturated rings. The number of aromatic nitrogens is 3. The van der Waals surface area contributed by atoms with Crippen molar-refractivity contribution < 1.29 is 9.53 Å². The summed E-state index contributed by atoms with van der Waals surface area (Å²) in [7, 11) is 1.33. The highest BCUT2D eigenvalue weighted by atomic mass is 32.1. The lowest BCUT2D eigenvalue weighted by Gasteiger charge is -2.17. The summed E-state index contributed by atoms with van der Waals surface area (Å²) in [6.45, 7) is 2.33. The van der Waals surface area contributed by atoms with E-state index < -0.39 is 5.97 Å². The van der Waals surface area contributed by atoms with Crippen LogP contribution in [0.15, 0.2) is 94.7 Å². The Kier molecular flexibility index (Phi) is 7.60. The van der Waals surface area contributed by atoms with Gasteiger partial charge in [-0.05, 0) is 36.6 Å². The Labute approximate surface area is 224 Å². The fourth-order valence-electron chi connectivity index (χ4n) is 4.63. The second-order valence-electron chi connectivity index (χ2n) is 8.95. The van der Waals surface area contributed by atoms with Crippen molar-refractivity contribution >= 4 is 33.2 Å². The van der Waals surface area contributed by atoms with E-state index in [9.17, 15) is 9.59 Å². The maximum absolute atomic E-state index is 13.6. The summed E-state index contributed by atoms with van der Waals surface area (Å²) >= 11 is 1.40. The van der Waals surface area contributed by atoms with E-state index in [0.717, 1.165) is 16.6 Å². The van der Waals surface area contributed by atoms with Gasteiger partial charge in [-0.1, -0.05) is 84.1 Å². The summed E-state index contributed by atoms with van der Waals surface area (Å²) in [5.41, 5.74) is 4.38. The molecule has 0 aliphatic heterocycles. The molecule has 0 radical (unpaired) electrons. The number of ether oxygens (including phenoxy) is 1. The number of H-pyrrole nitrogens is 1. The predicted molar refractivity (Wildman–Crippen MR) is 152 cm³/mol. The van der Waals surface area contributed by atoms with Crippen molar-refractivity contribution in [2.75, 3.05) is 13.7 Å². The Balaban J connectivity index is 1.46. The number of hydrogen-bond donors (Lipinski definition) is 1. The highest BCUT2D eigenvalue weighted by Gasteiger charge is 2.22. The minimum atomic E-state index is -0.440. The van der Waals surface area contributed by atoms with Crippen molar-refractivity contribution in [3.63, 3.8) is 0 Å². The Hall–Kier alpha value is -4.30. The Morgan fingerprint density at radius 2 is 1.63 bits per heavy atom. The van der Waals surface area contributed by atoms with Crippen molar-refractivity contribution in [3.05, 3.63) is 118 Å². The molecular formula is C30H28N4O3S. The van der Waals surface area contributed by atoms with Crippen LogP contribution in [0, 0.1) is 0 Å². The molecule has 0 bridgehead atoms. The fraction of sp³-hybridized carbons (Fsp3) is 0.200. The van der Waals surface area contributed by atoms with Crippen molar-refractivity contribution in [2.45, 2.75) is 25.7 Å². The molecule has 192 valence electrons. The third-order valence-corrected chi connectivity index (χ3v) is 7.54. The molecule has 2 aromatic heterocycles. The Bertz CT molecular complexity index is 1560. The van der Waals surface area contributed by atoms with E-state index in [2.05, 4.69) is 34.3 Å². The van der Waals surface area contributed by atoms with Gasteiger partial charge in [-0.3, -0.25) is 19.7 Å². The Morgan fingerprint density at radius 3 is 2.26 bits per heavy atom. The maximum atomic E-state index is 13.6. The van der Waals surface area contributed by atoms with E-state index in [1.807, 2.05) is 67.6 Å². The average Bonchev–Trinajstić information content (AvgIpc) is 3.52. The number of thiazole rings is 1. The van der Waals surface area contributed by atoms with Crippen molar-refractivity contribution in [2.24, 2.45) is 4.99 Å². The first-order valence-corrected chi connectivity index (χ1v) is 13.2. The highest BCUT2D eigenvalue weighted by Crippen LogP contribution is 2.28. The number of fused-ring (bicyclic) bond motifs is 1. The first kappa shape index (κ1) is 25.4. The lowest BCUT2D eigenvalue weighted by molar-refractivity contribution is -0.139. The number of nitrogens with one attached hydrogen (secondary N) is 1. The van der Waals surface area contributed by atoms with Gasteiger partial charge >= 0.3 is 5.97 Å². The molecule has 0 saturated carbocycles. The molecule has 0 unspecified atom stereocenters. The van der Waals surface area contributed by atoms with Crippen LogP contribution in [-0.4, -0.2) is 40.1 Å². The number of benzene rings is 3. The summed E-state index contributed by atoms with van der Waals surface area (Å²) in [5, 5.41) is 3.60. The lowest BCUT2D eigenvalue weighted by atomic mass is 9.88. The van der Waals surface area contributed by atoms with Crippen molar-refractivity contribution in [1.82, 2.24) is 14.8 Å². The smallest absolute Gasteiger partial charge is 0.311 e. The normalized spacial score (nSPS) is 11.8. The Morgan fingerprint density at radius 1 is 1.00 bits per heavy atom. The molecule has 0 spiro atoms. The number of rotatable bonds is 9. The number of hydrogen-bond acceptors (Lipinski definition) is 6. The number of nitrogens with zero attached hydrogens (tertiary/aromatic N) is 3. The number of esters is 1. The van der Waals surface area contributed by atoms with Crippen LogP contribution in [0.4, 0.5) is 0 Å². The summed E-state index contributed by atoms with van der Waals surface area (Å²) < 4.78 is 7.25. The van der Waals surface area contributed by atoms with E-state index in [4.69, 9.17) is 9.73 Å². The molecule has 5 rings (SSSR count). The molecule has 0 atom stereocenters.